The number of rotatable bonds is 9. The van der Waals surface area contributed by atoms with Crippen LogP contribution in [-0.4, -0.2) is 30.9 Å². The molecule has 0 aliphatic heterocycles. The van der Waals surface area contributed by atoms with Gasteiger partial charge in [0.15, 0.2) is 0 Å². The minimum absolute atomic E-state index is 0.142. The Morgan fingerprint density at radius 2 is 1.59 bits per heavy atom. The van der Waals surface area contributed by atoms with Gasteiger partial charge in [-0.05, 0) is 60.2 Å². The predicted octanol–water partition coefficient (Wildman–Crippen LogP) is 7.92. The number of non-ortho nitro benzene ring substituents is 1. The molecule has 13 heteroatoms. The van der Waals surface area contributed by atoms with Crippen molar-refractivity contribution in [1.29, 1.82) is 0 Å². The number of anilines is 1. The van der Waals surface area contributed by atoms with Crippen molar-refractivity contribution in [1.82, 2.24) is 4.57 Å². The molecule has 0 unspecified atom stereocenters. The minimum atomic E-state index is -4.40. The lowest BCUT2D eigenvalue weighted by Gasteiger charge is -2.21. The zero-order valence-corrected chi connectivity index (χ0v) is 25.3. The maximum Gasteiger partial charge on any atom is 0.269 e. The smallest absolute Gasteiger partial charge is 0.269 e. The van der Waals surface area contributed by atoms with Gasteiger partial charge < -0.3 is 9.30 Å². The first kappa shape index (κ1) is 29.0. The van der Waals surface area contributed by atoms with Crippen LogP contribution in [-0.2, 0) is 23.0 Å². The number of hydrogen-bond donors (Lipinski definition) is 1. The number of aromatic nitrogens is 1. The minimum Gasteiger partial charge on any atom is -0.497 e. The Balaban J connectivity index is 1.55. The van der Waals surface area contributed by atoms with E-state index in [2.05, 4.69) is 36.6 Å². The van der Waals surface area contributed by atoms with Crippen LogP contribution in [0.2, 0.25) is 0 Å². The first-order chi connectivity index (χ1) is 19.4. The Morgan fingerprint density at radius 3 is 2.17 bits per heavy atom. The van der Waals surface area contributed by atoms with Gasteiger partial charge in [-0.1, -0.05) is 37.9 Å². The van der Waals surface area contributed by atoms with Crippen LogP contribution in [0.15, 0.2) is 92.7 Å². The molecule has 1 heterocycles. The topological polar surface area (TPSA) is 103 Å². The van der Waals surface area contributed by atoms with Crippen LogP contribution in [0.1, 0.15) is 5.56 Å². The number of nitrogens with zero attached hydrogens (tertiary/aromatic N) is 2. The third kappa shape index (κ3) is 6.07. The van der Waals surface area contributed by atoms with Crippen LogP contribution in [0.5, 0.6) is 5.75 Å². The first-order valence-electron chi connectivity index (χ1n) is 12.1. The van der Waals surface area contributed by atoms with Crippen molar-refractivity contribution < 1.29 is 26.9 Å². The Kier molecular flexibility index (Phi) is 7.79. The van der Waals surface area contributed by atoms with E-state index in [-0.39, 0.29) is 11.3 Å². The average molecular weight is 709 g/mol. The highest BCUT2D eigenvalue weighted by Crippen LogP contribution is 2.37. The number of nitrogens with one attached hydrogen (secondary N) is 1. The highest BCUT2D eigenvalue weighted by molar-refractivity contribution is 9.10. The van der Waals surface area contributed by atoms with Gasteiger partial charge in [-0.2, -0.15) is 0 Å². The number of nitro benzene ring substituents is 1. The number of alkyl halides is 2. The highest BCUT2D eigenvalue weighted by atomic mass is 79.9. The van der Waals surface area contributed by atoms with Crippen LogP contribution < -0.4 is 9.46 Å². The molecule has 0 aliphatic carbocycles. The number of nitro groups is 1. The van der Waals surface area contributed by atoms with Gasteiger partial charge in [0.1, 0.15) is 5.75 Å². The first-order valence-corrected chi connectivity index (χ1v) is 15.1. The van der Waals surface area contributed by atoms with Crippen molar-refractivity contribution in [3.8, 4) is 5.75 Å². The van der Waals surface area contributed by atoms with Crippen LogP contribution in [0.25, 0.3) is 21.8 Å². The fourth-order valence-corrected chi connectivity index (χ4v) is 6.75. The summed E-state index contributed by atoms with van der Waals surface area (Å²) >= 11 is 6.87. The maximum absolute atomic E-state index is 15.9. The Morgan fingerprint density at radius 1 is 0.951 bits per heavy atom. The lowest BCUT2D eigenvalue weighted by atomic mass is 10.1. The number of hydrogen-bond acceptors (Lipinski definition) is 5. The molecular weight excluding hydrogens is 688 g/mol. The molecule has 0 saturated heterocycles. The van der Waals surface area contributed by atoms with Crippen molar-refractivity contribution in [2.24, 2.45) is 0 Å². The van der Waals surface area contributed by atoms with Crippen molar-refractivity contribution >= 4 is 75.1 Å². The Bertz CT molecular complexity index is 1870. The summed E-state index contributed by atoms with van der Waals surface area (Å²) in [6, 6.07) is 19.5. The average Bonchev–Trinajstić information content (AvgIpc) is 3.19. The second-order valence-electron chi connectivity index (χ2n) is 9.33. The number of ether oxygens (including phenoxy) is 1. The molecule has 212 valence electrons. The van der Waals surface area contributed by atoms with E-state index < -0.39 is 44.4 Å². The van der Waals surface area contributed by atoms with Gasteiger partial charge in [-0.25, -0.2) is 17.2 Å². The molecule has 8 nitrogen and oxygen atoms in total. The summed E-state index contributed by atoms with van der Waals surface area (Å²) in [7, 11) is -2.99. The van der Waals surface area contributed by atoms with E-state index in [1.165, 1.54) is 23.8 Å². The lowest BCUT2D eigenvalue weighted by molar-refractivity contribution is -0.385. The summed E-state index contributed by atoms with van der Waals surface area (Å²) < 4.78 is 68.9. The van der Waals surface area contributed by atoms with Crippen LogP contribution in [0, 0.1) is 10.1 Å². The van der Waals surface area contributed by atoms with E-state index in [9.17, 15) is 18.5 Å². The van der Waals surface area contributed by atoms with Gasteiger partial charge in [0, 0.05) is 55.4 Å². The second kappa shape index (κ2) is 11.0. The van der Waals surface area contributed by atoms with Gasteiger partial charge in [-0.15, -0.1) is 0 Å². The van der Waals surface area contributed by atoms with E-state index in [1.807, 2.05) is 12.1 Å². The molecule has 5 rings (SSSR count). The zero-order valence-electron chi connectivity index (χ0n) is 21.3. The Hall–Kier alpha value is -3.55. The molecule has 0 bridgehead atoms. The zero-order chi connectivity index (χ0) is 29.5. The van der Waals surface area contributed by atoms with E-state index in [0.717, 1.165) is 37.9 Å². The Labute approximate surface area is 250 Å². The standard InChI is InChI=1S/C28H21Br2F2N3O5S/c1-40-22-4-2-3-20(14-22)33-41(38,39)27-10-7-21(35(36)37)11-17(27)15-28(31,32)16-34-25-8-5-18(29)12-23(25)24-13-19(30)6-9-26(24)34/h2-14,33H,15-16H2,1H3. The monoisotopic (exact) mass is 707 g/mol. The molecule has 0 fully saturated rings. The van der Waals surface area contributed by atoms with Crippen molar-refractivity contribution in [3.05, 3.63) is 103 Å². The SMILES string of the molecule is COc1cccc(NS(=O)(=O)c2ccc([N+](=O)[O-])cc2CC(F)(F)Cn2c3ccc(Br)cc3c3cc(Br)ccc32)c1. The molecule has 0 saturated carbocycles. The number of fused-ring (bicyclic) bond motifs is 3. The summed E-state index contributed by atoms with van der Waals surface area (Å²) in [5, 5.41) is 13.0. The molecule has 0 spiro atoms. The molecule has 0 atom stereocenters. The number of benzene rings is 4. The van der Waals surface area contributed by atoms with E-state index in [4.69, 9.17) is 4.74 Å². The van der Waals surface area contributed by atoms with Crippen LogP contribution in [0.4, 0.5) is 20.2 Å². The van der Waals surface area contributed by atoms with Crippen molar-refractivity contribution in [2.45, 2.75) is 23.8 Å². The molecule has 4 aromatic carbocycles. The second-order valence-corrected chi connectivity index (χ2v) is 12.8. The third-order valence-electron chi connectivity index (χ3n) is 6.49. The van der Waals surface area contributed by atoms with Gasteiger partial charge in [-0.3, -0.25) is 14.8 Å². The predicted molar refractivity (Wildman–Crippen MR) is 160 cm³/mol. The summed E-state index contributed by atoms with van der Waals surface area (Å²) in [6.45, 7) is -0.790. The van der Waals surface area contributed by atoms with Crippen LogP contribution >= 0.6 is 31.9 Å². The van der Waals surface area contributed by atoms with Gasteiger partial charge in [0.05, 0.1) is 29.2 Å². The lowest BCUT2D eigenvalue weighted by Crippen LogP contribution is -2.28. The molecule has 41 heavy (non-hydrogen) atoms. The van der Waals surface area contributed by atoms with Crippen molar-refractivity contribution in [3.63, 3.8) is 0 Å². The normalized spacial score (nSPS) is 12.1. The molecule has 0 aliphatic rings. The fourth-order valence-electron chi connectivity index (χ4n) is 4.76. The fraction of sp³-hybridized carbons (Fsp3) is 0.143. The van der Waals surface area contributed by atoms with E-state index in [0.29, 0.717) is 16.8 Å². The summed E-state index contributed by atoms with van der Waals surface area (Å²) in [5.74, 6) is -3.11. The maximum atomic E-state index is 15.9. The van der Waals surface area contributed by atoms with Gasteiger partial charge >= 0.3 is 0 Å². The molecule has 0 amide bonds. The quantitative estimate of drug-likeness (QED) is 0.124. The third-order valence-corrected chi connectivity index (χ3v) is 8.96. The number of sulfonamides is 1. The van der Waals surface area contributed by atoms with Gasteiger partial charge in [0.2, 0.25) is 0 Å². The summed E-state index contributed by atoms with van der Waals surface area (Å²) in [6.07, 6.45) is -1.06. The van der Waals surface area contributed by atoms with E-state index in [1.54, 1.807) is 36.4 Å². The number of halogens is 4. The molecule has 5 aromatic rings. The summed E-state index contributed by atoms with van der Waals surface area (Å²) in [5.41, 5.74) is 0.386. The number of methoxy groups -OCH3 is 1. The van der Waals surface area contributed by atoms with Crippen molar-refractivity contribution in [2.75, 3.05) is 11.8 Å². The molecule has 0 radical (unpaired) electrons. The van der Waals surface area contributed by atoms with Crippen LogP contribution in [0.3, 0.4) is 0 Å². The van der Waals surface area contributed by atoms with E-state index >= 15 is 8.78 Å². The van der Waals surface area contributed by atoms with Gasteiger partial charge in [0.25, 0.3) is 21.6 Å². The largest absolute Gasteiger partial charge is 0.497 e. The molecule has 1 N–H and O–H groups in total. The molecule has 1 aromatic heterocycles. The summed E-state index contributed by atoms with van der Waals surface area (Å²) in [4.78, 5) is 10.2. The highest BCUT2D eigenvalue weighted by Gasteiger charge is 2.35. The molecular formula is C28H21Br2F2N3O5S.